The largest absolute Gasteiger partial charge is 0.325 e. The van der Waals surface area contributed by atoms with Gasteiger partial charge in [-0.3, -0.25) is 4.68 Å². The van der Waals surface area contributed by atoms with Gasteiger partial charge in [0.2, 0.25) is 0 Å². The van der Waals surface area contributed by atoms with Crippen LogP contribution in [0.4, 0.5) is 4.39 Å². The third-order valence-corrected chi connectivity index (χ3v) is 2.89. The van der Waals surface area contributed by atoms with Crippen molar-refractivity contribution in [3.8, 4) is 0 Å². The molecule has 0 amide bonds. The van der Waals surface area contributed by atoms with Crippen molar-refractivity contribution in [2.75, 3.05) is 0 Å². The van der Waals surface area contributed by atoms with Crippen LogP contribution in [0, 0.1) is 0 Å². The lowest BCUT2D eigenvalue weighted by atomic mass is 9.94. The minimum absolute atomic E-state index is 0.215. The zero-order valence-electron chi connectivity index (χ0n) is 8.19. The molecule has 0 saturated heterocycles. The third kappa shape index (κ3) is 1.80. The molecule has 4 heteroatoms. The smallest absolute Gasteiger partial charge is 0.102 e. The second kappa shape index (κ2) is 4.09. The maximum absolute atomic E-state index is 13.2. The van der Waals surface area contributed by atoms with E-state index in [-0.39, 0.29) is 6.04 Å². The van der Waals surface area contributed by atoms with Crippen LogP contribution in [0.25, 0.3) is 0 Å². The first-order valence-electron chi connectivity index (χ1n) is 5.18. The molecule has 3 nitrogen and oxygen atoms in total. The zero-order valence-corrected chi connectivity index (χ0v) is 8.19. The SMILES string of the molecule is NCc1ccnn1C1CCCC(F)C1. The van der Waals surface area contributed by atoms with Gasteiger partial charge in [0.1, 0.15) is 6.17 Å². The molecule has 0 aromatic carbocycles. The molecule has 1 aromatic heterocycles. The fourth-order valence-electron chi connectivity index (χ4n) is 2.16. The highest BCUT2D eigenvalue weighted by atomic mass is 19.1. The van der Waals surface area contributed by atoms with Gasteiger partial charge in [-0.15, -0.1) is 0 Å². The first-order valence-corrected chi connectivity index (χ1v) is 5.18. The Morgan fingerprint density at radius 2 is 2.43 bits per heavy atom. The number of rotatable bonds is 2. The fraction of sp³-hybridized carbons (Fsp3) is 0.700. The summed E-state index contributed by atoms with van der Waals surface area (Å²) in [6.45, 7) is 0.480. The second-order valence-electron chi connectivity index (χ2n) is 3.89. The molecule has 0 aliphatic heterocycles. The monoisotopic (exact) mass is 197 g/mol. The van der Waals surface area contributed by atoms with Crippen LogP contribution in [0.2, 0.25) is 0 Å². The molecule has 1 aliphatic rings. The lowest BCUT2D eigenvalue weighted by Crippen LogP contribution is -2.23. The molecule has 0 bridgehead atoms. The van der Waals surface area contributed by atoms with Crippen molar-refractivity contribution >= 4 is 0 Å². The molecule has 1 aromatic rings. The standard InChI is InChI=1S/C10H16FN3/c11-8-2-1-3-9(6-8)14-10(7-12)4-5-13-14/h4-5,8-9H,1-3,6-7,12H2. The molecule has 2 N–H and O–H groups in total. The van der Waals surface area contributed by atoms with Gasteiger partial charge >= 0.3 is 0 Å². The third-order valence-electron chi connectivity index (χ3n) is 2.89. The lowest BCUT2D eigenvalue weighted by molar-refractivity contribution is 0.190. The Bertz CT molecular complexity index is 297. The van der Waals surface area contributed by atoms with Gasteiger partial charge in [-0.25, -0.2) is 4.39 Å². The number of alkyl halides is 1. The maximum atomic E-state index is 13.2. The Labute approximate surface area is 83.1 Å². The topological polar surface area (TPSA) is 43.8 Å². The summed E-state index contributed by atoms with van der Waals surface area (Å²) in [5, 5.41) is 4.22. The van der Waals surface area contributed by atoms with Crippen LogP contribution in [-0.2, 0) is 6.54 Å². The molecule has 78 valence electrons. The van der Waals surface area contributed by atoms with E-state index in [4.69, 9.17) is 5.73 Å². The molecule has 14 heavy (non-hydrogen) atoms. The van der Waals surface area contributed by atoms with E-state index in [2.05, 4.69) is 5.10 Å². The van der Waals surface area contributed by atoms with E-state index in [1.165, 1.54) is 0 Å². The first kappa shape index (κ1) is 9.65. The predicted molar refractivity (Wildman–Crippen MR) is 52.5 cm³/mol. The fourth-order valence-corrected chi connectivity index (χ4v) is 2.16. The molecule has 2 atom stereocenters. The first-order chi connectivity index (χ1) is 6.81. The number of hydrogen-bond donors (Lipinski definition) is 1. The average Bonchev–Trinajstić information content (AvgIpc) is 2.65. The summed E-state index contributed by atoms with van der Waals surface area (Å²) >= 11 is 0. The van der Waals surface area contributed by atoms with Crippen LogP contribution in [0.3, 0.4) is 0 Å². The quantitative estimate of drug-likeness (QED) is 0.785. The van der Waals surface area contributed by atoms with Crippen molar-refractivity contribution < 1.29 is 4.39 Å². The van der Waals surface area contributed by atoms with E-state index in [0.29, 0.717) is 19.4 Å². The van der Waals surface area contributed by atoms with Crippen molar-refractivity contribution in [3.63, 3.8) is 0 Å². The summed E-state index contributed by atoms with van der Waals surface area (Å²) < 4.78 is 15.1. The highest BCUT2D eigenvalue weighted by Gasteiger charge is 2.24. The van der Waals surface area contributed by atoms with Gasteiger partial charge < -0.3 is 5.73 Å². The molecular weight excluding hydrogens is 181 g/mol. The van der Waals surface area contributed by atoms with Gasteiger partial charge in [0.15, 0.2) is 0 Å². The van der Waals surface area contributed by atoms with Gasteiger partial charge in [-0.2, -0.15) is 5.10 Å². The van der Waals surface area contributed by atoms with E-state index < -0.39 is 6.17 Å². The van der Waals surface area contributed by atoms with Crippen LogP contribution in [0.15, 0.2) is 12.3 Å². The summed E-state index contributed by atoms with van der Waals surface area (Å²) in [6.07, 6.45) is 4.35. The maximum Gasteiger partial charge on any atom is 0.102 e. The molecule has 0 spiro atoms. The van der Waals surface area contributed by atoms with E-state index in [0.717, 1.165) is 18.5 Å². The predicted octanol–water partition coefficient (Wildman–Crippen LogP) is 1.79. The summed E-state index contributed by atoms with van der Waals surface area (Å²) in [7, 11) is 0. The molecule has 1 heterocycles. The van der Waals surface area contributed by atoms with Crippen molar-refractivity contribution in [2.24, 2.45) is 5.73 Å². The lowest BCUT2D eigenvalue weighted by Gasteiger charge is -2.26. The van der Waals surface area contributed by atoms with E-state index in [1.54, 1.807) is 6.20 Å². The molecule has 0 radical (unpaired) electrons. The minimum atomic E-state index is -0.663. The molecular formula is C10H16FN3. The van der Waals surface area contributed by atoms with E-state index in [9.17, 15) is 4.39 Å². The Hall–Kier alpha value is -0.900. The number of aromatic nitrogens is 2. The number of hydrogen-bond acceptors (Lipinski definition) is 2. The van der Waals surface area contributed by atoms with Gasteiger partial charge in [-0.05, 0) is 25.3 Å². The van der Waals surface area contributed by atoms with E-state index in [1.807, 2.05) is 10.7 Å². The van der Waals surface area contributed by atoms with E-state index >= 15 is 0 Å². The van der Waals surface area contributed by atoms with Crippen molar-refractivity contribution in [3.05, 3.63) is 18.0 Å². The Morgan fingerprint density at radius 3 is 3.14 bits per heavy atom. The van der Waals surface area contributed by atoms with Crippen LogP contribution in [0.5, 0.6) is 0 Å². The summed E-state index contributed by atoms with van der Waals surface area (Å²) in [5.74, 6) is 0. The highest BCUT2D eigenvalue weighted by molar-refractivity contribution is 5.01. The van der Waals surface area contributed by atoms with Crippen molar-refractivity contribution in [1.82, 2.24) is 9.78 Å². The van der Waals surface area contributed by atoms with Crippen LogP contribution in [0.1, 0.15) is 37.4 Å². The van der Waals surface area contributed by atoms with Crippen molar-refractivity contribution in [1.29, 1.82) is 0 Å². The van der Waals surface area contributed by atoms with Crippen molar-refractivity contribution in [2.45, 2.75) is 44.4 Å². The Kier molecular flexibility index (Phi) is 2.82. The minimum Gasteiger partial charge on any atom is -0.325 e. The Balaban J connectivity index is 2.13. The molecule has 1 aliphatic carbocycles. The summed E-state index contributed by atoms with van der Waals surface area (Å²) in [6, 6.07) is 2.12. The Morgan fingerprint density at radius 1 is 1.57 bits per heavy atom. The highest BCUT2D eigenvalue weighted by Crippen LogP contribution is 2.30. The number of nitrogens with zero attached hydrogens (tertiary/aromatic N) is 2. The average molecular weight is 197 g/mol. The van der Waals surface area contributed by atoms with Gasteiger partial charge in [-0.1, -0.05) is 0 Å². The zero-order chi connectivity index (χ0) is 9.97. The molecule has 1 saturated carbocycles. The number of nitrogens with two attached hydrogens (primary N) is 1. The van der Waals surface area contributed by atoms with Crippen LogP contribution in [-0.4, -0.2) is 16.0 Å². The second-order valence-corrected chi connectivity index (χ2v) is 3.89. The normalized spacial score (nSPS) is 27.9. The van der Waals surface area contributed by atoms with Crippen LogP contribution < -0.4 is 5.73 Å². The summed E-state index contributed by atoms with van der Waals surface area (Å²) in [5.41, 5.74) is 6.59. The summed E-state index contributed by atoms with van der Waals surface area (Å²) in [4.78, 5) is 0. The van der Waals surface area contributed by atoms with Gasteiger partial charge in [0, 0.05) is 19.2 Å². The molecule has 2 rings (SSSR count). The van der Waals surface area contributed by atoms with Gasteiger partial charge in [0.05, 0.1) is 11.7 Å². The number of halogens is 1. The van der Waals surface area contributed by atoms with Crippen LogP contribution >= 0.6 is 0 Å². The van der Waals surface area contributed by atoms with Gasteiger partial charge in [0.25, 0.3) is 0 Å². The molecule has 2 unspecified atom stereocenters. The molecule has 1 fully saturated rings.